The highest BCUT2D eigenvalue weighted by Crippen LogP contribution is 2.22. The summed E-state index contributed by atoms with van der Waals surface area (Å²) in [5.41, 5.74) is 3.05. The molecular formula is C14H17N5. The van der Waals surface area contributed by atoms with Gasteiger partial charge in [0.15, 0.2) is 5.82 Å². The summed E-state index contributed by atoms with van der Waals surface area (Å²) in [7, 11) is 0. The number of hydrogen-bond acceptors (Lipinski definition) is 5. The molecule has 19 heavy (non-hydrogen) atoms. The van der Waals surface area contributed by atoms with Crippen molar-refractivity contribution >= 4 is 5.82 Å². The Bertz CT molecular complexity index is 549. The molecule has 3 rings (SSSR count). The van der Waals surface area contributed by atoms with Crippen LogP contribution in [0.15, 0.2) is 30.6 Å². The molecule has 5 nitrogen and oxygen atoms in total. The van der Waals surface area contributed by atoms with E-state index in [0.29, 0.717) is 0 Å². The summed E-state index contributed by atoms with van der Waals surface area (Å²) in [4.78, 5) is 6.40. The lowest BCUT2D eigenvalue weighted by Crippen LogP contribution is -2.44. The van der Waals surface area contributed by atoms with Crippen LogP contribution in [0.4, 0.5) is 5.82 Å². The van der Waals surface area contributed by atoms with Gasteiger partial charge in [0.05, 0.1) is 5.69 Å². The molecule has 0 saturated carbocycles. The normalized spacial score (nSPS) is 15.5. The van der Waals surface area contributed by atoms with Crippen LogP contribution in [0.2, 0.25) is 0 Å². The zero-order valence-electron chi connectivity index (χ0n) is 11.0. The third kappa shape index (κ3) is 2.56. The van der Waals surface area contributed by atoms with Crippen molar-refractivity contribution in [3.8, 4) is 11.3 Å². The Labute approximate surface area is 112 Å². The number of pyridine rings is 1. The molecule has 0 aromatic carbocycles. The maximum Gasteiger partial charge on any atom is 0.154 e. The highest BCUT2D eigenvalue weighted by molar-refractivity contribution is 5.60. The van der Waals surface area contributed by atoms with Crippen LogP contribution < -0.4 is 10.2 Å². The summed E-state index contributed by atoms with van der Waals surface area (Å²) in [6, 6.07) is 6.00. The topological polar surface area (TPSA) is 53.9 Å². The standard InChI is InChI=1S/C14H17N5/c1-11-9-13(12-3-2-4-16-10-12)17-18-14(11)19-7-5-15-6-8-19/h2-4,9-10,15H,5-8H2,1H3. The Morgan fingerprint density at radius 1 is 1.21 bits per heavy atom. The van der Waals surface area contributed by atoms with E-state index in [2.05, 4.69) is 38.4 Å². The zero-order chi connectivity index (χ0) is 13.1. The fourth-order valence-electron chi connectivity index (χ4n) is 2.32. The maximum absolute atomic E-state index is 4.40. The molecular weight excluding hydrogens is 238 g/mol. The van der Waals surface area contributed by atoms with Gasteiger partial charge in [-0.3, -0.25) is 4.98 Å². The summed E-state index contributed by atoms with van der Waals surface area (Å²) in [6.07, 6.45) is 3.58. The third-order valence-corrected chi connectivity index (χ3v) is 3.33. The summed E-state index contributed by atoms with van der Waals surface area (Å²) in [5, 5.41) is 12.1. The molecule has 98 valence electrons. The first-order chi connectivity index (χ1) is 9.34. The molecule has 2 aromatic rings. The van der Waals surface area contributed by atoms with Gasteiger partial charge in [0.2, 0.25) is 0 Å². The van der Waals surface area contributed by atoms with E-state index in [1.165, 1.54) is 0 Å². The van der Waals surface area contributed by atoms with Crippen LogP contribution in [0.1, 0.15) is 5.56 Å². The smallest absolute Gasteiger partial charge is 0.154 e. The Kier molecular flexibility index (Phi) is 3.37. The number of aromatic nitrogens is 3. The van der Waals surface area contributed by atoms with Crippen LogP contribution in [-0.4, -0.2) is 41.4 Å². The van der Waals surface area contributed by atoms with Crippen molar-refractivity contribution in [3.05, 3.63) is 36.2 Å². The predicted octanol–water partition coefficient (Wildman–Crippen LogP) is 1.26. The number of piperazine rings is 1. The fourth-order valence-corrected chi connectivity index (χ4v) is 2.32. The maximum atomic E-state index is 4.40. The molecule has 0 atom stereocenters. The van der Waals surface area contributed by atoms with Crippen molar-refractivity contribution in [2.45, 2.75) is 6.92 Å². The lowest BCUT2D eigenvalue weighted by molar-refractivity contribution is 0.581. The highest BCUT2D eigenvalue weighted by atomic mass is 15.3. The van der Waals surface area contributed by atoms with Gasteiger partial charge >= 0.3 is 0 Å². The first-order valence-corrected chi connectivity index (χ1v) is 6.55. The Morgan fingerprint density at radius 3 is 2.74 bits per heavy atom. The second kappa shape index (κ2) is 5.32. The van der Waals surface area contributed by atoms with Gasteiger partial charge in [0.1, 0.15) is 0 Å². The van der Waals surface area contributed by atoms with Crippen LogP contribution >= 0.6 is 0 Å². The molecule has 1 aliphatic heterocycles. The van der Waals surface area contributed by atoms with Crippen LogP contribution in [0.25, 0.3) is 11.3 Å². The average molecular weight is 255 g/mol. The van der Waals surface area contributed by atoms with Gasteiger partial charge < -0.3 is 10.2 Å². The molecule has 0 radical (unpaired) electrons. The molecule has 0 spiro atoms. The van der Waals surface area contributed by atoms with Crippen molar-refractivity contribution in [3.63, 3.8) is 0 Å². The fraction of sp³-hybridized carbons (Fsp3) is 0.357. The minimum atomic E-state index is 0.879. The molecule has 0 unspecified atom stereocenters. The molecule has 1 fully saturated rings. The van der Waals surface area contributed by atoms with Crippen LogP contribution in [0.3, 0.4) is 0 Å². The van der Waals surface area contributed by atoms with E-state index in [1.807, 2.05) is 18.3 Å². The van der Waals surface area contributed by atoms with Gasteiger partial charge in [-0.1, -0.05) is 0 Å². The van der Waals surface area contributed by atoms with Gasteiger partial charge in [-0.25, -0.2) is 0 Å². The van der Waals surface area contributed by atoms with E-state index in [-0.39, 0.29) is 0 Å². The van der Waals surface area contributed by atoms with Gasteiger partial charge in [0.25, 0.3) is 0 Å². The number of nitrogens with zero attached hydrogens (tertiary/aromatic N) is 4. The molecule has 0 bridgehead atoms. The highest BCUT2D eigenvalue weighted by Gasteiger charge is 2.15. The van der Waals surface area contributed by atoms with E-state index in [1.54, 1.807) is 6.20 Å². The van der Waals surface area contributed by atoms with Crippen LogP contribution in [0, 0.1) is 6.92 Å². The van der Waals surface area contributed by atoms with Crippen molar-refractivity contribution in [1.29, 1.82) is 0 Å². The summed E-state index contributed by atoms with van der Waals surface area (Å²) in [5.74, 6) is 0.995. The SMILES string of the molecule is Cc1cc(-c2cccnc2)nnc1N1CCNCC1. The third-order valence-electron chi connectivity index (χ3n) is 3.33. The van der Waals surface area contributed by atoms with E-state index >= 15 is 0 Å². The molecule has 2 aromatic heterocycles. The largest absolute Gasteiger partial charge is 0.352 e. The Hall–Kier alpha value is -2.01. The van der Waals surface area contributed by atoms with Gasteiger partial charge in [-0.05, 0) is 30.7 Å². The van der Waals surface area contributed by atoms with Gasteiger partial charge in [-0.15, -0.1) is 10.2 Å². The first-order valence-electron chi connectivity index (χ1n) is 6.55. The minimum Gasteiger partial charge on any atom is -0.352 e. The van der Waals surface area contributed by atoms with E-state index in [4.69, 9.17) is 0 Å². The van der Waals surface area contributed by atoms with Crippen LogP contribution in [0.5, 0.6) is 0 Å². The molecule has 1 N–H and O–H groups in total. The number of rotatable bonds is 2. The summed E-state index contributed by atoms with van der Waals surface area (Å²) >= 11 is 0. The van der Waals surface area contributed by atoms with Crippen molar-refractivity contribution in [1.82, 2.24) is 20.5 Å². The molecule has 5 heteroatoms. The molecule has 0 amide bonds. The Morgan fingerprint density at radius 2 is 2.05 bits per heavy atom. The number of aryl methyl sites for hydroxylation is 1. The minimum absolute atomic E-state index is 0.879. The monoisotopic (exact) mass is 255 g/mol. The number of anilines is 1. The second-order valence-electron chi connectivity index (χ2n) is 4.71. The van der Waals surface area contributed by atoms with E-state index < -0.39 is 0 Å². The van der Waals surface area contributed by atoms with Crippen LogP contribution in [-0.2, 0) is 0 Å². The first kappa shape index (κ1) is 12.0. The van der Waals surface area contributed by atoms with Crippen molar-refractivity contribution < 1.29 is 0 Å². The van der Waals surface area contributed by atoms with Gasteiger partial charge in [0, 0.05) is 44.1 Å². The zero-order valence-corrected chi connectivity index (χ0v) is 11.0. The summed E-state index contributed by atoms with van der Waals surface area (Å²) in [6.45, 7) is 6.08. The molecule has 1 saturated heterocycles. The average Bonchev–Trinajstić information content (AvgIpc) is 2.49. The summed E-state index contributed by atoms with van der Waals surface area (Å²) < 4.78 is 0. The van der Waals surface area contributed by atoms with Crippen molar-refractivity contribution in [2.75, 3.05) is 31.1 Å². The Balaban J connectivity index is 1.89. The van der Waals surface area contributed by atoms with Crippen molar-refractivity contribution in [2.24, 2.45) is 0 Å². The van der Waals surface area contributed by atoms with E-state index in [9.17, 15) is 0 Å². The molecule has 1 aliphatic rings. The predicted molar refractivity (Wildman–Crippen MR) is 75.1 cm³/mol. The molecule has 0 aliphatic carbocycles. The van der Waals surface area contributed by atoms with Gasteiger partial charge in [-0.2, -0.15) is 0 Å². The number of nitrogens with one attached hydrogen (secondary N) is 1. The lowest BCUT2D eigenvalue weighted by Gasteiger charge is -2.29. The number of hydrogen-bond donors (Lipinski definition) is 1. The quantitative estimate of drug-likeness (QED) is 0.875. The van der Waals surface area contributed by atoms with E-state index in [0.717, 1.165) is 48.8 Å². The second-order valence-corrected chi connectivity index (χ2v) is 4.71. The lowest BCUT2D eigenvalue weighted by atomic mass is 10.1. The molecule has 3 heterocycles.